The van der Waals surface area contributed by atoms with Gasteiger partial charge in [-0.25, -0.2) is 0 Å². The highest BCUT2D eigenvalue weighted by Crippen LogP contribution is 2.22. The van der Waals surface area contributed by atoms with Gasteiger partial charge in [-0.1, -0.05) is 6.92 Å². The minimum atomic E-state index is -0.107. The summed E-state index contributed by atoms with van der Waals surface area (Å²) < 4.78 is 0. The average molecular weight is 261 g/mol. The molecule has 0 saturated heterocycles. The number of carbonyl (C=O) groups excluding carboxylic acids is 1. The molecule has 1 amide bonds. The molecule has 0 saturated carbocycles. The summed E-state index contributed by atoms with van der Waals surface area (Å²) in [6.07, 6.45) is 0.941. The molecule has 1 heterocycles. The van der Waals surface area contributed by atoms with E-state index in [1.54, 1.807) is 25.1 Å². The predicted octanol–water partition coefficient (Wildman–Crippen LogP) is 3.58. The number of benzene rings is 1. The van der Waals surface area contributed by atoms with Crippen LogP contribution in [0.1, 0.15) is 27.0 Å². The molecule has 0 atom stereocenters. The summed E-state index contributed by atoms with van der Waals surface area (Å²) in [7, 11) is 0. The number of aromatic hydroxyl groups is 1. The summed E-state index contributed by atoms with van der Waals surface area (Å²) in [6.45, 7) is 3.86. The summed E-state index contributed by atoms with van der Waals surface area (Å²) in [5.74, 6) is 0.127. The Morgan fingerprint density at radius 1 is 1.33 bits per heavy atom. The number of phenols is 1. The van der Waals surface area contributed by atoms with Crippen molar-refractivity contribution in [1.29, 1.82) is 0 Å². The molecule has 3 nitrogen and oxygen atoms in total. The lowest BCUT2D eigenvalue weighted by Gasteiger charge is -2.05. The fraction of sp³-hybridized carbons (Fsp3) is 0.214. The SMILES string of the molecule is CCc1ccc(C(=O)Nc2ccc(O)c(C)c2)s1. The Kier molecular flexibility index (Phi) is 3.67. The van der Waals surface area contributed by atoms with Gasteiger partial charge in [0.2, 0.25) is 0 Å². The van der Waals surface area contributed by atoms with Crippen LogP contribution in [0.4, 0.5) is 5.69 Å². The molecule has 18 heavy (non-hydrogen) atoms. The van der Waals surface area contributed by atoms with E-state index < -0.39 is 0 Å². The van der Waals surface area contributed by atoms with Crippen LogP contribution in [0, 0.1) is 6.92 Å². The predicted molar refractivity (Wildman–Crippen MR) is 74.5 cm³/mol. The molecule has 1 aromatic carbocycles. The van der Waals surface area contributed by atoms with Gasteiger partial charge in [0.05, 0.1) is 4.88 Å². The molecule has 0 spiro atoms. The van der Waals surface area contributed by atoms with E-state index >= 15 is 0 Å². The Morgan fingerprint density at radius 3 is 2.72 bits per heavy atom. The summed E-state index contributed by atoms with van der Waals surface area (Å²) in [4.78, 5) is 13.9. The van der Waals surface area contributed by atoms with E-state index in [1.165, 1.54) is 16.2 Å². The summed E-state index contributed by atoms with van der Waals surface area (Å²) in [6, 6.07) is 8.83. The molecule has 2 aromatic rings. The zero-order valence-corrected chi connectivity index (χ0v) is 11.2. The molecular formula is C14H15NO2S. The van der Waals surface area contributed by atoms with E-state index in [4.69, 9.17) is 0 Å². The largest absolute Gasteiger partial charge is 0.508 e. The van der Waals surface area contributed by atoms with Crippen molar-refractivity contribution in [1.82, 2.24) is 0 Å². The number of carbonyl (C=O) groups is 1. The number of amides is 1. The van der Waals surface area contributed by atoms with Gasteiger partial charge < -0.3 is 10.4 Å². The van der Waals surface area contributed by atoms with Crippen molar-refractivity contribution in [3.05, 3.63) is 45.6 Å². The molecule has 4 heteroatoms. The van der Waals surface area contributed by atoms with Crippen molar-refractivity contribution in [3.63, 3.8) is 0 Å². The van der Waals surface area contributed by atoms with Gasteiger partial charge in [-0.15, -0.1) is 11.3 Å². The molecule has 0 aliphatic carbocycles. The average Bonchev–Trinajstić information content (AvgIpc) is 2.82. The zero-order valence-electron chi connectivity index (χ0n) is 10.4. The maximum Gasteiger partial charge on any atom is 0.265 e. The normalized spacial score (nSPS) is 10.3. The topological polar surface area (TPSA) is 49.3 Å². The van der Waals surface area contributed by atoms with Gasteiger partial charge in [0, 0.05) is 10.6 Å². The summed E-state index contributed by atoms with van der Waals surface area (Å²) in [5.41, 5.74) is 1.44. The highest BCUT2D eigenvalue weighted by atomic mass is 32.1. The first-order valence-corrected chi connectivity index (χ1v) is 6.61. The summed E-state index contributed by atoms with van der Waals surface area (Å²) in [5, 5.41) is 12.2. The number of hydrogen-bond acceptors (Lipinski definition) is 3. The Hall–Kier alpha value is -1.81. The van der Waals surface area contributed by atoms with Crippen molar-refractivity contribution in [3.8, 4) is 5.75 Å². The molecule has 0 bridgehead atoms. The number of anilines is 1. The number of thiophene rings is 1. The molecule has 1 aromatic heterocycles. The third-order valence-corrected chi connectivity index (χ3v) is 3.92. The van der Waals surface area contributed by atoms with Gasteiger partial charge in [0.25, 0.3) is 5.91 Å². The first-order chi connectivity index (χ1) is 8.60. The molecule has 94 valence electrons. The van der Waals surface area contributed by atoms with Crippen LogP contribution in [0.2, 0.25) is 0 Å². The highest BCUT2D eigenvalue weighted by Gasteiger charge is 2.09. The molecule has 0 radical (unpaired) electrons. The van der Waals surface area contributed by atoms with Crippen LogP contribution in [-0.4, -0.2) is 11.0 Å². The molecule has 0 fully saturated rings. The van der Waals surface area contributed by atoms with E-state index in [-0.39, 0.29) is 11.7 Å². The van der Waals surface area contributed by atoms with Crippen LogP contribution in [0.25, 0.3) is 0 Å². The van der Waals surface area contributed by atoms with Crippen molar-refractivity contribution >= 4 is 22.9 Å². The molecular weight excluding hydrogens is 246 g/mol. The lowest BCUT2D eigenvalue weighted by atomic mass is 10.2. The van der Waals surface area contributed by atoms with Gasteiger partial charge in [0.15, 0.2) is 0 Å². The van der Waals surface area contributed by atoms with Gasteiger partial charge in [-0.3, -0.25) is 4.79 Å². The molecule has 2 rings (SSSR count). The maximum absolute atomic E-state index is 12.0. The number of rotatable bonds is 3. The zero-order chi connectivity index (χ0) is 13.1. The first kappa shape index (κ1) is 12.6. The van der Waals surface area contributed by atoms with Crippen LogP contribution in [0.5, 0.6) is 5.75 Å². The Balaban J connectivity index is 2.13. The lowest BCUT2D eigenvalue weighted by Crippen LogP contribution is -2.10. The van der Waals surface area contributed by atoms with E-state index in [0.29, 0.717) is 10.6 Å². The first-order valence-electron chi connectivity index (χ1n) is 5.80. The van der Waals surface area contributed by atoms with E-state index in [2.05, 4.69) is 12.2 Å². The van der Waals surface area contributed by atoms with Crippen LogP contribution in [0.3, 0.4) is 0 Å². The van der Waals surface area contributed by atoms with Gasteiger partial charge in [-0.05, 0) is 49.2 Å². The Morgan fingerprint density at radius 2 is 2.11 bits per heavy atom. The quantitative estimate of drug-likeness (QED) is 0.830. The van der Waals surface area contributed by atoms with Gasteiger partial charge in [0.1, 0.15) is 5.75 Å². The fourth-order valence-corrected chi connectivity index (χ4v) is 2.46. The third-order valence-electron chi connectivity index (χ3n) is 2.69. The van der Waals surface area contributed by atoms with Crippen LogP contribution in [-0.2, 0) is 6.42 Å². The van der Waals surface area contributed by atoms with Crippen LogP contribution in [0.15, 0.2) is 30.3 Å². The van der Waals surface area contributed by atoms with Crippen molar-refractivity contribution < 1.29 is 9.90 Å². The van der Waals surface area contributed by atoms with Gasteiger partial charge >= 0.3 is 0 Å². The third kappa shape index (κ3) is 2.71. The number of phenolic OH excluding ortho intramolecular Hbond substituents is 1. The lowest BCUT2D eigenvalue weighted by molar-refractivity contribution is 0.103. The van der Waals surface area contributed by atoms with Crippen molar-refractivity contribution in [2.75, 3.05) is 5.32 Å². The second kappa shape index (κ2) is 5.23. The second-order valence-corrected chi connectivity index (χ2v) is 5.24. The summed E-state index contributed by atoms with van der Waals surface area (Å²) >= 11 is 1.51. The second-order valence-electron chi connectivity index (χ2n) is 4.07. The molecule has 0 aliphatic heterocycles. The Labute approximate surface area is 110 Å². The molecule has 2 N–H and O–H groups in total. The maximum atomic E-state index is 12.0. The van der Waals surface area contributed by atoms with Gasteiger partial charge in [-0.2, -0.15) is 0 Å². The number of hydrogen-bond donors (Lipinski definition) is 2. The number of nitrogens with one attached hydrogen (secondary N) is 1. The minimum Gasteiger partial charge on any atom is -0.508 e. The standard InChI is InChI=1S/C14H15NO2S/c1-3-11-5-7-13(18-11)14(17)15-10-4-6-12(16)9(2)8-10/h4-8,16H,3H2,1-2H3,(H,15,17). The van der Waals surface area contributed by atoms with E-state index in [0.717, 1.165) is 12.0 Å². The van der Waals surface area contributed by atoms with Crippen LogP contribution >= 0.6 is 11.3 Å². The van der Waals surface area contributed by atoms with Crippen molar-refractivity contribution in [2.45, 2.75) is 20.3 Å². The number of aryl methyl sites for hydroxylation is 2. The van der Waals surface area contributed by atoms with E-state index in [9.17, 15) is 9.90 Å². The van der Waals surface area contributed by atoms with E-state index in [1.807, 2.05) is 12.1 Å². The highest BCUT2D eigenvalue weighted by molar-refractivity contribution is 7.14. The van der Waals surface area contributed by atoms with Crippen molar-refractivity contribution in [2.24, 2.45) is 0 Å². The van der Waals surface area contributed by atoms with Crippen LogP contribution < -0.4 is 5.32 Å². The monoisotopic (exact) mass is 261 g/mol. The Bertz CT molecular complexity index is 575. The fourth-order valence-electron chi connectivity index (χ4n) is 1.62. The molecule has 0 unspecified atom stereocenters. The smallest absolute Gasteiger partial charge is 0.265 e. The minimum absolute atomic E-state index is 0.107. The molecule has 0 aliphatic rings.